The lowest BCUT2D eigenvalue weighted by Gasteiger charge is -2.11. The van der Waals surface area contributed by atoms with E-state index in [-0.39, 0.29) is 12.8 Å². The van der Waals surface area contributed by atoms with E-state index in [9.17, 15) is 18.0 Å². The molecule has 13 heavy (non-hydrogen) atoms. The van der Waals surface area contributed by atoms with Gasteiger partial charge in [0.1, 0.15) is 6.04 Å². The molecule has 0 spiro atoms. The van der Waals surface area contributed by atoms with Crippen LogP contribution in [0.25, 0.3) is 0 Å². The summed E-state index contributed by atoms with van der Waals surface area (Å²) in [5.74, 6) is -1.12. The lowest BCUT2D eigenvalue weighted by Crippen LogP contribution is -2.33. The van der Waals surface area contributed by atoms with Crippen molar-refractivity contribution >= 4 is 5.97 Å². The van der Waals surface area contributed by atoms with E-state index in [1.807, 2.05) is 0 Å². The second-order valence-corrected chi connectivity index (χ2v) is 2.69. The summed E-state index contributed by atoms with van der Waals surface area (Å²) in [4.78, 5) is 10.3. The molecule has 0 aliphatic heterocycles. The van der Waals surface area contributed by atoms with Gasteiger partial charge in [-0.15, -0.1) is 0 Å². The molecule has 0 rings (SSSR count). The first-order valence-electron chi connectivity index (χ1n) is 3.83. The van der Waals surface area contributed by atoms with E-state index in [1.54, 1.807) is 0 Å². The molecule has 0 fully saturated rings. The van der Waals surface area contributed by atoms with Crippen LogP contribution in [0.15, 0.2) is 0 Å². The van der Waals surface area contributed by atoms with Gasteiger partial charge in [-0.25, -0.2) is 0 Å². The molecule has 0 amide bonds. The van der Waals surface area contributed by atoms with Crippen LogP contribution in [0.2, 0.25) is 0 Å². The van der Waals surface area contributed by atoms with Gasteiger partial charge in [-0.2, -0.15) is 13.2 Å². The van der Waals surface area contributed by atoms with Crippen LogP contribution in [0.1, 0.15) is 19.3 Å². The number of alkyl halides is 3. The Morgan fingerprint density at radius 3 is 2.38 bits per heavy atom. The highest BCUT2D eigenvalue weighted by atomic mass is 19.4. The van der Waals surface area contributed by atoms with Gasteiger partial charge in [0.25, 0.3) is 0 Å². The minimum atomic E-state index is -4.20. The number of rotatable bonds is 5. The van der Waals surface area contributed by atoms with Gasteiger partial charge in [0, 0.05) is 6.42 Å². The number of likely N-dealkylation sites (N-methyl/N-ethyl adjacent to an activating group) is 1. The fourth-order valence-corrected chi connectivity index (χ4v) is 0.898. The van der Waals surface area contributed by atoms with Crippen LogP contribution >= 0.6 is 0 Å². The summed E-state index contributed by atoms with van der Waals surface area (Å²) in [5, 5.41) is 10.9. The first-order valence-corrected chi connectivity index (χ1v) is 3.83. The van der Waals surface area contributed by atoms with Gasteiger partial charge >= 0.3 is 12.1 Å². The Bertz CT molecular complexity index is 170. The summed E-state index contributed by atoms with van der Waals surface area (Å²) in [7, 11) is 1.41. The number of halogens is 3. The molecule has 0 radical (unpaired) electrons. The molecule has 0 bridgehead atoms. The number of nitrogens with one attached hydrogen (secondary N) is 1. The lowest BCUT2D eigenvalue weighted by atomic mass is 10.1. The van der Waals surface area contributed by atoms with Crippen LogP contribution in [-0.2, 0) is 4.79 Å². The Kier molecular flexibility index (Phi) is 4.76. The Hall–Kier alpha value is -0.780. The quantitative estimate of drug-likeness (QED) is 0.703. The Labute approximate surface area is 73.9 Å². The van der Waals surface area contributed by atoms with E-state index in [0.717, 1.165) is 0 Å². The zero-order valence-electron chi connectivity index (χ0n) is 7.19. The van der Waals surface area contributed by atoms with Crippen LogP contribution in [-0.4, -0.2) is 30.3 Å². The third-order valence-electron chi connectivity index (χ3n) is 1.60. The van der Waals surface area contributed by atoms with E-state index < -0.39 is 24.6 Å². The van der Waals surface area contributed by atoms with Crippen LogP contribution in [0.5, 0.6) is 0 Å². The Morgan fingerprint density at radius 2 is 2.08 bits per heavy atom. The average molecular weight is 199 g/mol. The normalized spacial score (nSPS) is 14.2. The van der Waals surface area contributed by atoms with E-state index in [1.165, 1.54) is 7.05 Å². The number of carboxylic acids is 1. The van der Waals surface area contributed by atoms with E-state index in [4.69, 9.17) is 5.11 Å². The number of aliphatic carboxylic acids is 1. The van der Waals surface area contributed by atoms with Gasteiger partial charge in [-0.1, -0.05) is 0 Å². The Balaban J connectivity index is 3.68. The minimum absolute atomic E-state index is 0.00859. The third kappa shape index (κ3) is 6.39. The van der Waals surface area contributed by atoms with Gasteiger partial charge in [0.15, 0.2) is 0 Å². The second kappa shape index (κ2) is 5.06. The molecule has 0 saturated carbocycles. The minimum Gasteiger partial charge on any atom is -0.480 e. The van der Waals surface area contributed by atoms with Crippen molar-refractivity contribution in [1.29, 1.82) is 0 Å². The lowest BCUT2D eigenvalue weighted by molar-refractivity contribution is -0.143. The third-order valence-corrected chi connectivity index (χ3v) is 1.60. The Morgan fingerprint density at radius 1 is 1.54 bits per heavy atom. The summed E-state index contributed by atoms with van der Waals surface area (Å²) < 4.78 is 34.9. The molecule has 0 aliphatic rings. The standard InChI is InChI=1S/C7H12F3NO2/c1-11-5(6(12)13)3-2-4-7(8,9)10/h5,11H,2-4H2,1H3,(H,12,13). The molecule has 2 N–H and O–H groups in total. The van der Waals surface area contributed by atoms with Gasteiger partial charge in [-0.05, 0) is 19.9 Å². The summed E-state index contributed by atoms with van der Waals surface area (Å²) >= 11 is 0. The fraction of sp³-hybridized carbons (Fsp3) is 0.857. The van der Waals surface area contributed by atoms with Crippen LogP contribution in [0, 0.1) is 0 Å². The molecule has 3 nitrogen and oxygen atoms in total. The van der Waals surface area contributed by atoms with Crippen LogP contribution < -0.4 is 5.32 Å². The van der Waals surface area contributed by atoms with Gasteiger partial charge in [0.05, 0.1) is 0 Å². The van der Waals surface area contributed by atoms with E-state index in [0.29, 0.717) is 0 Å². The SMILES string of the molecule is CNC(CCCC(F)(F)F)C(=O)O. The molecular weight excluding hydrogens is 187 g/mol. The van der Waals surface area contributed by atoms with Gasteiger partial charge in [-0.3, -0.25) is 4.79 Å². The van der Waals surface area contributed by atoms with Crippen molar-refractivity contribution in [3.8, 4) is 0 Å². The summed E-state index contributed by atoms with van der Waals surface area (Å²) in [5.41, 5.74) is 0. The summed E-state index contributed by atoms with van der Waals surface area (Å²) in [6.07, 6.45) is -5.30. The first kappa shape index (κ1) is 12.2. The fourth-order valence-electron chi connectivity index (χ4n) is 0.898. The molecular formula is C7H12F3NO2. The average Bonchev–Trinajstić information content (AvgIpc) is 1.95. The second-order valence-electron chi connectivity index (χ2n) is 2.69. The predicted molar refractivity (Wildman–Crippen MR) is 40.4 cm³/mol. The molecule has 0 heterocycles. The van der Waals surface area contributed by atoms with Gasteiger partial charge in [0.2, 0.25) is 0 Å². The van der Waals surface area contributed by atoms with E-state index in [2.05, 4.69) is 5.32 Å². The molecule has 6 heteroatoms. The largest absolute Gasteiger partial charge is 0.480 e. The summed E-state index contributed by atoms with van der Waals surface area (Å²) in [6, 6.07) is -0.887. The monoisotopic (exact) mass is 199 g/mol. The topological polar surface area (TPSA) is 49.3 Å². The molecule has 0 saturated heterocycles. The van der Waals surface area contributed by atoms with Crippen molar-refractivity contribution in [2.24, 2.45) is 0 Å². The molecule has 0 aromatic carbocycles. The predicted octanol–water partition coefficient (Wildman–Crippen LogP) is 1.39. The zero-order valence-corrected chi connectivity index (χ0v) is 7.19. The highest BCUT2D eigenvalue weighted by molar-refractivity contribution is 5.73. The maximum absolute atomic E-state index is 11.6. The van der Waals surface area contributed by atoms with Crippen molar-refractivity contribution in [2.45, 2.75) is 31.5 Å². The maximum atomic E-state index is 11.6. The molecule has 1 atom stereocenters. The smallest absolute Gasteiger partial charge is 0.389 e. The first-order chi connectivity index (χ1) is 5.87. The molecule has 0 aromatic rings. The van der Waals surface area contributed by atoms with Crippen molar-refractivity contribution in [3.63, 3.8) is 0 Å². The molecule has 0 aliphatic carbocycles. The van der Waals surface area contributed by atoms with Crippen molar-refractivity contribution in [3.05, 3.63) is 0 Å². The van der Waals surface area contributed by atoms with Crippen LogP contribution in [0.4, 0.5) is 13.2 Å². The van der Waals surface area contributed by atoms with Gasteiger partial charge < -0.3 is 10.4 Å². The number of hydrogen-bond donors (Lipinski definition) is 2. The van der Waals surface area contributed by atoms with Crippen LogP contribution in [0.3, 0.4) is 0 Å². The highest BCUT2D eigenvalue weighted by Crippen LogP contribution is 2.22. The summed E-state index contributed by atoms with van der Waals surface area (Å²) in [6.45, 7) is 0. The number of carboxylic acid groups (broad SMARTS) is 1. The molecule has 0 aromatic heterocycles. The molecule has 78 valence electrons. The zero-order chi connectivity index (χ0) is 10.5. The number of carbonyl (C=O) groups is 1. The number of hydrogen-bond acceptors (Lipinski definition) is 2. The highest BCUT2D eigenvalue weighted by Gasteiger charge is 2.27. The van der Waals surface area contributed by atoms with E-state index >= 15 is 0 Å². The maximum Gasteiger partial charge on any atom is 0.389 e. The van der Waals surface area contributed by atoms with Crippen molar-refractivity contribution < 1.29 is 23.1 Å². The van der Waals surface area contributed by atoms with Crippen molar-refractivity contribution in [2.75, 3.05) is 7.05 Å². The molecule has 1 unspecified atom stereocenters. The van der Waals surface area contributed by atoms with Crippen molar-refractivity contribution in [1.82, 2.24) is 5.32 Å².